The molecule has 8 heteroatoms. The van der Waals surface area contributed by atoms with Crippen LogP contribution in [0.15, 0.2) is 54.7 Å². The maximum atomic E-state index is 12.6. The van der Waals surface area contributed by atoms with E-state index in [9.17, 15) is 9.59 Å². The second-order valence-corrected chi connectivity index (χ2v) is 6.46. The Bertz CT molecular complexity index is 1000. The number of aromatic nitrogens is 2. The van der Waals surface area contributed by atoms with Gasteiger partial charge in [0.15, 0.2) is 5.78 Å². The zero-order valence-corrected chi connectivity index (χ0v) is 15.5. The molecule has 0 radical (unpaired) electrons. The average Bonchev–Trinajstić information content (AvgIpc) is 2.62. The summed E-state index contributed by atoms with van der Waals surface area (Å²) in [5.74, 6) is 0.0651. The summed E-state index contributed by atoms with van der Waals surface area (Å²) in [6, 6.07) is 13.2. The van der Waals surface area contributed by atoms with Crippen LogP contribution in [0.5, 0.6) is 0 Å². The lowest BCUT2D eigenvalue weighted by Gasteiger charge is -2.09. The summed E-state index contributed by atoms with van der Waals surface area (Å²) in [4.78, 5) is 32.1. The van der Waals surface area contributed by atoms with E-state index >= 15 is 0 Å². The van der Waals surface area contributed by atoms with Crippen molar-refractivity contribution < 1.29 is 9.59 Å². The average molecular weight is 401 g/mol. The van der Waals surface area contributed by atoms with Gasteiger partial charge in [-0.2, -0.15) is 0 Å². The molecule has 0 aliphatic rings. The number of amides is 1. The Morgan fingerprint density at radius 3 is 2.41 bits per heavy atom. The van der Waals surface area contributed by atoms with E-state index in [2.05, 4.69) is 15.3 Å². The molecule has 3 rings (SSSR count). The van der Waals surface area contributed by atoms with E-state index in [1.807, 2.05) is 0 Å². The van der Waals surface area contributed by atoms with E-state index in [0.717, 1.165) is 5.56 Å². The molecule has 0 fully saturated rings. The highest BCUT2D eigenvalue weighted by atomic mass is 35.5. The molecule has 0 aliphatic carbocycles. The molecule has 1 aromatic carbocycles. The van der Waals surface area contributed by atoms with Gasteiger partial charge in [0.2, 0.25) is 0 Å². The Morgan fingerprint density at radius 2 is 1.70 bits per heavy atom. The summed E-state index contributed by atoms with van der Waals surface area (Å²) >= 11 is 12.2. The molecule has 3 aromatic rings. The van der Waals surface area contributed by atoms with Gasteiger partial charge in [-0.05, 0) is 42.0 Å². The van der Waals surface area contributed by atoms with E-state index < -0.39 is 5.91 Å². The highest BCUT2D eigenvalue weighted by molar-refractivity contribution is 6.39. The second-order valence-electron chi connectivity index (χ2n) is 5.64. The normalized spacial score (nSPS) is 10.4. The van der Waals surface area contributed by atoms with Crippen molar-refractivity contribution in [1.29, 1.82) is 0 Å². The van der Waals surface area contributed by atoms with E-state index in [-0.39, 0.29) is 17.9 Å². The van der Waals surface area contributed by atoms with Crippen molar-refractivity contribution in [3.8, 4) is 0 Å². The zero-order valence-electron chi connectivity index (χ0n) is 13.9. The molecule has 6 nitrogen and oxygen atoms in total. The predicted octanol–water partition coefficient (Wildman–Crippen LogP) is 4.05. The third kappa shape index (κ3) is 4.61. The van der Waals surface area contributed by atoms with Gasteiger partial charge >= 0.3 is 0 Å². The van der Waals surface area contributed by atoms with Gasteiger partial charge in [-0.3, -0.25) is 9.59 Å². The van der Waals surface area contributed by atoms with Gasteiger partial charge in [-0.15, -0.1) is 0 Å². The number of nitrogens with two attached hydrogens (primary N) is 1. The molecular formula is C19H14Cl2N4O2. The maximum absolute atomic E-state index is 12.6. The maximum Gasteiger partial charge on any atom is 0.267 e. The quantitative estimate of drug-likeness (QED) is 0.608. The number of Topliss-reactive ketones (excluding diaryl/α,β-unsaturated/α-hetero) is 1. The summed E-state index contributed by atoms with van der Waals surface area (Å²) < 4.78 is 0. The van der Waals surface area contributed by atoms with Crippen LogP contribution in [0.4, 0.5) is 11.6 Å². The van der Waals surface area contributed by atoms with Crippen LogP contribution >= 0.6 is 23.2 Å². The Balaban J connectivity index is 1.79. The highest BCUT2D eigenvalue weighted by Gasteiger charge is 2.15. The van der Waals surface area contributed by atoms with E-state index in [1.54, 1.807) is 48.7 Å². The summed E-state index contributed by atoms with van der Waals surface area (Å²) in [5, 5.41) is 3.61. The van der Waals surface area contributed by atoms with Gasteiger partial charge in [0, 0.05) is 12.6 Å². The van der Waals surface area contributed by atoms with Gasteiger partial charge < -0.3 is 11.1 Å². The molecule has 0 atom stereocenters. The van der Waals surface area contributed by atoms with Gasteiger partial charge in [-0.25, -0.2) is 9.97 Å². The van der Waals surface area contributed by atoms with Crippen LogP contribution in [0.25, 0.3) is 0 Å². The summed E-state index contributed by atoms with van der Waals surface area (Å²) in [7, 11) is 0. The molecule has 0 aliphatic heterocycles. The molecular weight excluding hydrogens is 387 g/mol. The van der Waals surface area contributed by atoms with Crippen molar-refractivity contribution >= 4 is 46.5 Å². The smallest absolute Gasteiger partial charge is 0.267 e. The molecule has 2 heterocycles. The van der Waals surface area contributed by atoms with Crippen LogP contribution in [0.3, 0.4) is 0 Å². The van der Waals surface area contributed by atoms with Gasteiger partial charge in [0.25, 0.3) is 5.91 Å². The fourth-order valence-corrected chi connectivity index (χ4v) is 3.07. The zero-order chi connectivity index (χ0) is 19.4. The molecule has 0 saturated carbocycles. The Morgan fingerprint density at radius 1 is 1.00 bits per heavy atom. The summed E-state index contributed by atoms with van der Waals surface area (Å²) in [5.41, 5.74) is 6.39. The molecule has 1 amide bonds. The number of ketones is 1. The van der Waals surface area contributed by atoms with Crippen molar-refractivity contribution in [1.82, 2.24) is 9.97 Å². The highest BCUT2D eigenvalue weighted by Crippen LogP contribution is 2.26. The number of carbonyl (C=O) groups is 2. The Kier molecular flexibility index (Phi) is 5.69. The summed E-state index contributed by atoms with van der Waals surface area (Å²) in [6.45, 7) is 0. The lowest BCUT2D eigenvalue weighted by Crippen LogP contribution is -2.13. The first kappa shape index (κ1) is 18.8. The van der Waals surface area contributed by atoms with Crippen LogP contribution in [0.1, 0.15) is 26.4 Å². The van der Waals surface area contributed by atoms with Crippen molar-refractivity contribution in [3.05, 3.63) is 81.6 Å². The van der Waals surface area contributed by atoms with Crippen LogP contribution in [0, 0.1) is 0 Å². The topological polar surface area (TPSA) is 98.0 Å². The molecule has 0 unspecified atom stereocenters. The number of anilines is 2. The standard InChI is InChI=1S/C19H14Cl2N4O2/c20-12-3-1-4-13(21)18(12)15(26)9-11-7-8-23-17(10-11)25-16-6-2-5-14(24-16)19(22)27/h1-8,10H,9H2,(H2,22,27)(H,23,24,25). The van der Waals surface area contributed by atoms with Crippen LogP contribution in [-0.4, -0.2) is 21.7 Å². The number of hydrogen-bond donors (Lipinski definition) is 2. The number of hydrogen-bond acceptors (Lipinski definition) is 5. The number of pyridine rings is 2. The molecule has 0 saturated heterocycles. The molecule has 136 valence electrons. The number of nitrogens with one attached hydrogen (secondary N) is 1. The Hall–Kier alpha value is -2.96. The van der Waals surface area contributed by atoms with Crippen molar-refractivity contribution in [2.24, 2.45) is 5.73 Å². The lowest BCUT2D eigenvalue weighted by molar-refractivity contribution is 0.0986. The largest absolute Gasteiger partial charge is 0.364 e. The number of rotatable bonds is 6. The van der Waals surface area contributed by atoms with E-state index in [0.29, 0.717) is 27.2 Å². The van der Waals surface area contributed by atoms with E-state index in [4.69, 9.17) is 28.9 Å². The minimum absolute atomic E-state index is 0.107. The first-order chi connectivity index (χ1) is 12.9. The van der Waals surface area contributed by atoms with Gasteiger partial charge in [0.05, 0.1) is 15.6 Å². The fraction of sp³-hybridized carbons (Fsp3) is 0.0526. The second kappa shape index (κ2) is 8.16. The van der Waals surface area contributed by atoms with Crippen molar-refractivity contribution in [2.75, 3.05) is 5.32 Å². The van der Waals surface area contributed by atoms with Crippen molar-refractivity contribution in [2.45, 2.75) is 6.42 Å². The third-order valence-corrected chi connectivity index (χ3v) is 4.32. The molecule has 3 N–H and O–H groups in total. The molecule has 0 spiro atoms. The van der Waals surface area contributed by atoms with Crippen LogP contribution < -0.4 is 11.1 Å². The number of primary amides is 1. The van der Waals surface area contributed by atoms with Gasteiger partial charge in [-0.1, -0.05) is 35.3 Å². The van der Waals surface area contributed by atoms with E-state index in [1.165, 1.54) is 6.07 Å². The molecule has 27 heavy (non-hydrogen) atoms. The SMILES string of the molecule is NC(=O)c1cccc(Nc2cc(CC(=O)c3c(Cl)cccc3Cl)ccn2)n1. The summed E-state index contributed by atoms with van der Waals surface area (Å²) in [6.07, 6.45) is 1.67. The van der Waals surface area contributed by atoms with Crippen LogP contribution in [0.2, 0.25) is 10.0 Å². The van der Waals surface area contributed by atoms with Gasteiger partial charge in [0.1, 0.15) is 17.3 Å². The van der Waals surface area contributed by atoms with Crippen molar-refractivity contribution in [3.63, 3.8) is 0 Å². The first-order valence-electron chi connectivity index (χ1n) is 7.90. The monoisotopic (exact) mass is 400 g/mol. The minimum atomic E-state index is -0.623. The Labute approximate surface area is 165 Å². The van der Waals surface area contributed by atoms with Crippen LogP contribution in [-0.2, 0) is 6.42 Å². The minimum Gasteiger partial charge on any atom is -0.364 e. The third-order valence-electron chi connectivity index (χ3n) is 3.69. The predicted molar refractivity (Wildman–Crippen MR) is 105 cm³/mol. The number of halogens is 2. The number of nitrogens with zero attached hydrogens (tertiary/aromatic N) is 2. The lowest BCUT2D eigenvalue weighted by atomic mass is 10.0. The number of benzene rings is 1. The first-order valence-corrected chi connectivity index (χ1v) is 8.65. The molecule has 0 bridgehead atoms. The molecule has 2 aromatic heterocycles. The fourth-order valence-electron chi connectivity index (χ4n) is 2.46. The number of carbonyl (C=O) groups excluding carboxylic acids is 2.